The zero-order valence-corrected chi connectivity index (χ0v) is 11.1. The zero-order chi connectivity index (χ0) is 12.5. The van der Waals surface area contributed by atoms with Crippen LogP contribution in [0, 0.1) is 5.95 Å². The number of thiazole rings is 1. The lowest BCUT2D eigenvalue weighted by molar-refractivity contribution is 0.576. The first-order chi connectivity index (χ1) is 8.78. The SMILES string of the molecule is CSc1ccc(-c2nc3cccnc3s2)c(F)n1. The summed E-state index contributed by atoms with van der Waals surface area (Å²) in [5.41, 5.74) is 1.21. The molecule has 3 aromatic rings. The Bertz CT molecular complexity index is 678. The van der Waals surface area contributed by atoms with Crippen LogP contribution < -0.4 is 0 Å². The topological polar surface area (TPSA) is 38.7 Å². The van der Waals surface area contributed by atoms with Gasteiger partial charge in [0, 0.05) is 6.20 Å². The second-order valence-electron chi connectivity index (χ2n) is 3.54. The van der Waals surface area contributed by atoms with Crippen LogP contribution in [0.3, 0.4) is 0 Å². The van der Waals surface area contributed by atoms with Gasteiger partial charge in [-0.3, -0.25) is 0 Å². The fourth-order valence-corrected chi connectivity index (χ4v) is 2.87. The van der Waals surface area contributed by atoms with Crippen LogP contribution in [0.2, 0.25) is 0 Å². The lowest BCUT2D eigenvalue weighted by atomic mass is 10.3. The number of nitrogens with zero attached hydrogens (tertiary/aromatic N) is 3. The lowest BCUT2D eigenvalue weighted by Crippen LogP contribution is -1.89. The van der Waals surface area contributed by atoms with Crippen molar-refractivity contribution in [2.24, 2.45) is 0 Å². The molecule has 0 radical (unpaired) electrons. The molecule has 3 aromatic heterocycles. The fraction of sp³-hybridized carbons (Fsp3) is 0.0833. The highest BCUT2D eigenvalue weighted by molar-refractivity contribution is 7.98. The van der Waals surface area contributed by atoms with E-state index in [0.29, 0.717) is 15.6 Å². The molecular weight excluding hydrogens is 269 g/mol. The Morgan fingerprint density at radius 3 is 2.83 bits per heavy atom. The predicted octanol–water partition coefficient (Wildman–Crippen LogP) is 3.61. The molecule has 0 N–H and O–H groups in total. The number of hydrogen-bond acceptors (Lipinski definition) is 5. The Labute approximate surface area is 111 Å². The molecule has 6 heteroatoms. The van der Waals surface area contributed by atoms with E-state index in [0.717, 1.165) is 10.3 Å². The number of fused-ring (bicyclic) bond motifs is 1. The maximum atomic E-state index is 13.9. The van der Waals surface area contributed by atoms with Gasteiger partial charge in [-0.1, -0.05) is 11.3 Å². The van der Waals surface area contributed by atoms with Crippen LogP contribution in [0.4, 0.5) is 4.39 Å². The molecule has 0 unspecified atom stereocenters. The highest BCUT2D eigenvalue weighted by Crippen LogP contribution is 2.30. The highest BCUT2D eigenvalue weighted by Gasteiger charge is 2.12. The van der Waals surface area contributed by atoms with Crippen LogP contribution in [-0.2, 0) is 0 Å². The maximum absolute atomic E-state index is 13.9. The molecule has 0 bridgehead atoms. The van der Waals surface area contributed by atoms with Crippen LogP contribution in [0.5, 0.6) is 0 Å². The third-order valence-corrected chi connectivity index (χ3v) is 4.09. The summed E-state index contributed by atoms with van der Waals surface area (Å²) in [7, 11) is 0. The second-order valence-corrected chi connectivity index (χ2v) is 5.34. The molecule has 0 aliphatic heterocycles. The van der Waals surface area contributed by atoms with Crippen molar-refractivity contribution in [3.63, 3.8) is 0 Å². The van der Waals surface area contributed by atoms with Crippen molar-refractivity contribution < 1.29 is 4.39 Å². The Balaban J connectivity index is 2.14. The lowest BCUT2D eigenvalue weighted by Gasteiger charge is -1.99. The van der Waals surface area contributed by atoms with E-state index in [1.54, 1.807) is 18.3 Å². The monoisotopic (exact) mass is 277 g/mol. The van der Waals surface area contributed by atoms with Gasteiger partial charge in [-0.2, -0.15) is 4.39 Å². The maximum Gasteiger partial charge on any atom is 0.224 e. The summed E-state index contributed by atoms with van der Waals surface area (Å²) in [6.07, 6.45) is 3.57. The third kappa shape index (κ3) is 1.97. The molecule has 0 atom stereocenters. The van der Waals surface area contributed by atoms with E-state index in [1.807, 2.05) is 18.4 Å². The summed E-state index contributed by atoms with van der Waals surface area (Å²) in [6.45, 7) is 0. The molecule has 0 spiro atoms. The number of pyridine rings is 2. The molecule has 3 heterocycles. The molecule has 0 amide bonds. The first kappa shape index (κ1) is 11.6. The van der Waals surface area contributed by atoms with Crippen molar-refractivity contribution in [1.29, 1.82) is 0 Å². The van der Waals surface area contributed by atoms with Crippen molar-refractivity contribution in [1.82, 2.24) is 15.0 Å². The Hall–Kier alpha value is -1.53. The van der Waals surface area contributed by atoms with E-state index in [4.69, 9.17) is 0 Å². The number of hydrogen-bond donors (Lipinski definition) is 0. The van der Waals surface area contributed by atoms with Gasteiger partial charge in [0.05, 0.1) is 10.6 Å². The van der Waals surface area contributed by atoms with Crippen LogP contribution in [-0.4, -0.2) is 21.2 Å². The van der Waals surface area contributed by atoms with Gasteiger partial charge in [0.25, 0.3) is 0 Å². The normalized spacial score (nSPS) is 11.0. The van der Waals surface area contributed by atoms with Gasteiger partial charge < -0.3 is 0 Å². The van der Waals surface area contributed by atoms with E-state index in [-0.39, 0.29) is 0 Å². The average Bonchev–Trinajstić information content (AvgIpc) is 2.81. The van der Waals surface area contributed by atoms with Crippen molar-refractivity contribution in [2.75, 3.05) is 6.26 Å². The van der Waals surface area contributed by atoms with Crippen molar-refractivity contribution in [2.45, 2.75) is 5.03 Å². The molecule has 18 heavy (non-hydrogen) atoms. The predicted molar refractivity (Wildman–Crippen MR) is 72.4 cm³/mol. The van der Waals surface area contributed by atoms with Crippen LogP contribution in [0.15, 0.2) is 35.5 Å². The Kier molecular flexibility index (Phi) is 2.97. The molecule has 90 valence electrons. The molecule has 0 aromatic carbocycles. The summed E-state index contributed by atoms with van der Waals surface area (Å²) in [4.78, 5) is 13.3. The molecule has 3 rings (SSSR count). The highest BCUT2D eigenvalue weighted by atomic mass is 32.2. The van der Waals surface area contributed by atoms with Gasteiger partial charge in [0.2, 0.25) is 5.95 Å². The molecule has 0 aliphatic rings. The summed E-state index contributed by atoms with van der Waals surface area (Å²) >= 11 is 2.78. The third-order valence-electron chi connectivity index (χ3n) is 2.43. The number of rotatable bonds is 2. The smallest absolute Gasteiger partial charge is 0.224 e. The van der Waals surface area contributed by atoms with Crippen molar-refractivity contribution in [3.05, 3.63) is 36.4 Å². The van der Waals surface area contributed by atoms with Gasteiger partial charge in [0.15, 0.2) is 0 Å². The fourth-order valence-electron chi connectivity index (χ4n) is 1.58. The molecule has 0 fully saturated rings. The summed E-state index contributed by atoms with van der Waals surface area (Å²) in [6, 6.07) is 7.19. The largest absolute Gasteiger partial charge is 0.244 e. The van der Waals surface area contributed by atoms with Gasteiger partial charge in [-0.25, -0.2) is 15.0 Å². The molecule has 3 nitrogen and oxygen atoms in total. The van der Waals surface area contributed by atoms with Crippen LogP contribution in [0.25, 0.3) is 20.9 Å². The van der Waals surface area contributed by atoms with Crippen molar-refractivity contribution in [3.8, 4) is 10.6 Å². The minimum Gasteiger partial charge on any atom is -0.244 e. The van der Waals surface area contributed by atoms with Gasteiger partial charge >= 0.3 is 0 Å². The van der Waals surface area contributed by atoms with Crippen LogP contribution >= 0.6 is 23.1 Å². The molecule has 0 saturated carbocycles. The van der Waals surface area contributed by atoms with Crippen molar-refractivity contribution >= 4 is 33.4 Å². The second kappa shape index (κ2) is 4.62. The molecule has 0 aliphatic carbocycles. The molecule has 0 saturated heterocycles. The number of thioether (sulfide) groups is 1. The Morgan fingerprint density at radius 1 is 1.22 bits per heavy atom. The number of aromatic nitrogens is 3. The standard InChI is InChI=1S/C12H8FN3S2/c1-17-9-5-4-7(10(13)16-9)11-15-8-3-2-6-14-12(8)18-11/h2-6H,1H3. The van der Waals surface area contributed by atoms with E-state index in [1.165, 1.54) is 23.1 Å². The van der Waals surface area contributed by atoms with E-state index >= 15 is 0 Å². The van der Waals surface area contributed by atoms with Crippen LogP contribution in [0.1, 0.15) is 0 Å². The summed E-state index contributed by atoms with van der Waals surface area (Å²) < 4.78 is 13.9. The number of halogens is 1. The quantitative estimate of drug-likeness (QED) is 0.530. The van der Waals surface area contributed by atoms with E-state index < -0.39 is 5.95 Å². The van der Waals surface area contributed by atoms with Gasteiger partial charge in [-0.05, 0) is 30.5 Å². The first-order valence-electron chi connectivity index (χ1n) is 5.20. The van der Waals surface area contributed by atoms with Gasteiger partial charge in [0.1, 0.15) is 15.4 Å². The first-order valence-corrected chi connectivity index (χ1v) is 7.24. The zero-order valence-electron chi connectivity index (χ0n) is 9.42. The summed E-state index contributed by atoms with van der Waals surface area (Å²) in [5.74, 6) is -0.485. The minimum absolute atomic E-state index is 0.427. The molecular formula is C12H8FN3S2. The average molecular weight is 277 g/mol. The van der Waals surface area contributed by atoms with E-state index in [2.05, 4.69) is 15.0 Å². The van der Waals surface area contributed by atoms with E-state index in [9.17, 15) is 4.39 Å². The van der Waals surface area contributed by atoms with Gasteiger partial charge in [-0.15, -0.1) is 11.8 Å². The Morgan fingerprint density at radius 2 is 2.11 bits per heavy atom. The minimum atomic E-state index is -0.485. The summed E-state index contributed by atoms with van der Waals surface area (Å²) in [5, 5.41) is 1.27.